The SMILES string of the molecule is CCOC1CCN(C(=N)NC(=N)Nc2cccc(OC(F)(F)F)c2)CC1. The number of guanidine groups is 2. The average molecular weight is 373 g/mol. The Morgan fingerprint density at radius 2 is 1.96 bits per heavy atom. The maximum absolute atomic E-state index is 12.2. The van der Waals surface area contributed by atoms with Crippen molar-refractivity contribution in [1.29, 1.82) is 10.8 Å². The van der Waals surface area contributed by atoms with Crippen molar-refractivity contribution in [1.82, 2.24) is 10.2 Å². The number of hydrogen-bond donors (Lipinski definition) is 4. The number of benzene rings is 1. The molecule has 144 valence electrons. The van der Waals surface area contributed by atoms with Crippen LogP contribution >= 0.6 is 0 Å². The molecule has 1 aliphatic heterocycles. The monoisotopic (exact) mass is 373 g/mol. The van der Waals surface area contributed by atoms with Crippen LogP contribution in [0.15, 0.2) is 24.3 Å². The molecule has 2 rings (SSSR count). The Balaban J connectivity index is 1.83. The minimum absolute atomic E-state index is 0.0557. The van der Waals surface area contributed by atoms with Crippen LogP contribution in [-0.2, 0) is 4.74 Å². The molecule has 0 aromatic heterocycles. The van der Waals surface area contributed by atoms with Crippen LogP contribution in [0.4, 0.5) is 18.9 Å². The molecule has 7 nitrogen and oxygen atoms in total. The molecule has 1 fully saturated rings. The van der Waals surface area contributed by atoms with Crippen molar-refractivity contribution in [2.24, 2.45) is 0 Å². The zero-order chi connectivity index (χ0) is 19.2. The number of ether oxygens (including phenoxy) is 2. The number of hydrogen-bond acceptors (Lipinski definition) is 4. The lowest BCUT2D eigenvalue weighted by Crippen LogP contribution is -2.49. The molecule has 1 aliphatic rings. The molecule has 0 unspecified atom stereocenters. The Hall–Kier alpha value is -2.49. The summed E-state index contributed by atoms with van der Waals surface area (Å²) in [6, 6.07) is 5.17. The van der Waals surface area contributed by atoms with Gasteiger partial charge in [0.15, 0.2) is 11.9 Å². The van der Waals surface area contributed by atoms with E-state index in [0.717, 1.165) is 18.9 Å². The highest BCUT2D eigenvalue weighted by Gasteiger charge is 2.31. The van der Waals surface area contributed by atoms with Crippen LogP contribution < -0.4 is 15.4 Å². The number of rotatable bonds is 4. The summed E-state index contributed by atoms with van der Waals surface area (Å²) in [5, 5.41) is 21.1. The standard InChI is InChI=1S/C16H22F3N5O2/c1-2-25-12-6-8-24(9-7-12)15(21)23-14(20)22-11-4-3-5-13(10-11)26-16(17,18)19/h3-5,10,12H,2,6-9H2,1H3,(H4,20,21,22,23). The van der Waals surface area contributed by atoms with Crippen molar-refractivity contribution in [3.05, 3.63) is 24.3 Å². The number of halogens is 3. The molecule has 0 amide bonds. The molecule has 1 heterocycles. The van der Waals surface area contributed by atoms with E-state index in [4.69, 9.17) is 15.6 Å². The van der Waals surface area contributed by atoms with E-state index >= 15 is 0 Å². The van der Waals surface area contributed by atoms with Crippen LogP contribution in [0.1, 0.15) is 19.8 Å². The minimum Gasteiger partial charge on any atom is -0.406 e. The van der Waals surface area contributed by atoms with Crippen LogP contribution in [0.2, 0.25) is 0 Å². The number of nitrogens with one attached hydrogen (secondary N) is 4. The van der Waals surface area contributed by atoms with Gasteiger partial charge < -0.3 is 19.7 Å². The highest BCUT2D eigenvalue weighted by Crippen LogP contribution is 2.25. The Morgan fingerprint density at radius 3 is 2.58 bits per heavy atom. The molecule has 1 aromatic rings. The van der Waals surface area contributed by atoms with Crippen LogP contribution in [0.5, 0.6) is 5.75 Å². The average Bonchev–Trinajstić information content (AvgIpc) is 2.54. The smallest absolute Gasteiger partial charge is 0.406 e. The topological polar surface area (TPSA) is 93.5 Å². The van der Waals surface area contributed by atoms with Crippen LogP contribution in [0.3, 0.4) is 0 Å². The van der Waals surface area contributed by atoms with E-state index < -0.39 is 6.36 Å². The number of alkyl halides is 3. The molecule has 0 atom stereocenters. The van der Waals surface area contributed by atoms with Crippen LogP contribution in [-0.4, -0.2) is 49.0 Å². The van der Waals surface area contributed by atoms with E-state index in [2.05, 4.69) is 15.4 Å². The second-order valence-corrected chi connectivity index (χ2v) is 5.69. The van der Waals surface area contributed by atoms with Gasteiger partial charge in [-0.25, -0.2) is 0 Å². The van der Waals surface area contributed by atoms with Gasteiger partial charge in [0.25, 0.3) is 0 Å². The second kappa shape index (κ2) is 8.75. The molecule has 4 N–H and O–H groups in total. The summed E-state index contributed by atoms with van der Waals surface area (Å²) >= 11 is 0. The normalized spacial score (nSPS) is 15.5. The first-order valence-electron chi connectivity index (χ1n) is 8.20. The lowest BCUT2D eigenvalue weighted by Gasteiger charge is -2.33. The summed E-state index contributed by atoms with van der Waals surface area (Å²) < 4.78 is 46.1. The fourth-order valence-electron chi connectivity index (χ4n) is 2.63. The number of nitrogens with zero attached hydrogens (tertiary/aromatic N) is 1. The van der Waals surface area contributed by atoms with Crippen LogP contribution in [0.25, 0.3) is 0 Å². The van der Waals surface area contributed by atoms with Gasteiger partial charge in [-0.1, -0.05) is 6.07 Å². The van der Waals surface area contributed by atoms with Crippen molar-refractivity contribution in [2.75, 3.05) is 25.0 Å². The van der Waals surface area contributed by atoms with Gasteiger partial charge in [0.1, 0.15) is 5.75 Å². The maximum Gasteiger partial charge on any atom is 0.573 e. The van der Waals surface area contributed by atoms with Crippen molar-refractivity contribution in [3.63, 3.8) is 0 Å². The molecule has 0 saturated carbocycles. The summed E-state index contributed by atoms with van der Waals surface area (Å²) in [7, 11) is 0. The molecule has 1 saturated heterocycles. The van der Waals surface area contributed by atoms with Gasteiger partial charge >= 0.3 is 6.36 Å². The summed E-state index contributed by atoms with van der Waals surface area (Å²) in [5.74, 6) is -0.547. The van der Waals surface area contributed by atoms with Crippen molar-refractivity contribution in [2.45, 2.75) is 32.2 Å². The Kier molecular flexibility index (Phi) is 6.67. The van der Waals surface area contributed by atoms with Crippen molar-refractivity contribution < 1.29 is 22.6 Å². The van der Waals surface area contributed by atoms with E-state index in [1.165, 1.54) is 18.2 Å². The molecular formula is C16H22F3N5O2. The predicted molar refractivity (Wildman–Crippen MR) is 91.6 cm³/mol. The first kappa shape index (κ1) is 19.8. The van der Waals surface area contributed by atoms with Gasteiger partial charge in [-0.3, -0.25) is 16.1 Å². The second-order valence-electron chi connectivity index (χ2n) is 5.69. The highest BCUT2D eigenvalue weighted by molar-refractivity contribution is 6.02. The summed E-state index contributed by atoms with van der Waals surface area (Å²) in [5.41, 5.74) is 0.243. The number of anilines is 1. The zero-order valence-electron chi connectivity index (χ0n) is 14.3. The number of piperidine rings is 1. The lowest BCUT2D eigenvalue weighted by atomic mass is 10.1. The molecule has 10 heteroatoms. The summed E-state index contributed by atoms with van der Waals surface area (Å²) in [6.45, 7) is 3.88. The van der Waals surface area contributed by atoms with Crippen LogP contribution in [0, 0.1) is 10.8 Å². The Labute approximate surface area is 149 Å². The predicted octanol–water partition coefficient (Wildman–Crippen LogP) is 2.96. The van der Waals surface area contributed by atoms with Gasteiger partial charge in [0.05, 0.1) is 6.10 Å². The summed E-state index contributed by atoms with van der Waals surface area (Å²) in [6.07, 6.45) is -2.98. The third kappa shape index (κ3) is 6.43. The highest BCUT2D eigenvalue weighted by atomic mass is 19.4. The minimum atomic E-state index is -4.78. The molecule has 1 aromatic carbocycles. The Morgan fingerprint density at radius 1 is 1.27 bits per heavy atom. The van der Waals surface area contributed by atoms with Gasteiger partial charge in [-0.2, -0.15) is 0 Å². The van der Waals surface area contributed by atoms with Crippen molar-refractivity contribution in [3.8, 4) is 5.75 Å². The third-order valence-corrected chi connectivity index (χ3v) is 3.74. The van der Waals surface area contributed by atoms with Gasteiger partial charge in [0, 0.05) is 31.5 Å². The molecule has 0 bridgehead atoms. The molecule has 0 spiro atoms. The third-order valence-electron chi connectivity index (χ3n) is 3.74. The van der Waals surface area contributed by atoms with Gasteiger partial charge in [-0.05, 0) is 31.9 Å². The molecule has 0 radical (unpaired) electrons. The van der Waals surface area contributed by atoms with Gasteiger partial charge in [-0.15, -0.1) is 13.2 Å². The van der Waals surface area contributed by atoms with E-state index in [1.54, 1.807) is 4.90 Å². The van der Waals surface area contributed by atoms with E-state index in [1.807, 2.05) is 6.92 Å². The Bertz CT molecular complexity index is 631. The van der Waals surface area contributed by atoms with E-state index in [0.29, 0.717) is 19.7 Å². The zero-order valence-corrected chi connectivity index (χ0v) is 14.3. The first-order valence-corrected chi connectivity index (χ1v) is 8.20. The van der Waals surface area contributed by atoms with E-state index in [9.17, 15) is 13.2 Å². The van der Waals surface area contributed by atoms with Crippen molar-refractivity contribution >= 4 is 17.6 Å². The summed E-state index contributed by atoms with van der Waals surface area (Å²) in [4.78, 5) is 1.79. The first-order chi connectivity index (χ1) is 12.3. The van der Waals surface area contributed by atoms with Gasteiger partial charge in [0.2, 0.25) is 0 Å². The molecule has 0 aliphatic carbocycles. The largest absolute Gasteiger partial charge is 0.573 e. The fourth-order valence-corrected chi connectivity index (χ4v) is 2.63. The maximum atomic E-state index is 12.2. The molecular weight excluding hydrogens is 351 g/mol. The quantitative estimate of drug-likeness (QED) is 0.481. The van der Waals surface area contributed by atoms with E-state index in [-0.39, 0.29) is 29.5 Å². The lowest BCUT2D eigenvalue weighted by molar-refractivity contribution is -0.274. The molecule has 26 heavy (non-hydrogen) atoms. The fraction of sp³-hybridized carbons (Fsp3) is 0.500. The number of likely N-dealkylation sites (tertiary alicyclic amines) is 1.